The van der Waals surface area contributed by atoms with E-state index in [9.17, 15) is 9.90 Å². The summed E-state index contributed by atoms with van der Waals surface area (Å²) in [5.74, 6) is 4.13. The first-order valence-electron chi connectivity index (χ1n) is 16.9. The fourth-order valence-corrected chi connectivity index (χ4v) is 8.51. The molecule has 1 aromatic heterocycles. The van der Waals surface area contributed by atoms with Crippen molar-refractivity contribution < 1.29 is 24.1 Å². The minimum absolute atomic E-state index is 0.0330. The number of halogens is 1. The van der Waals surface area contributed by atoms with E-state index in [4.69, 9.17) is 42.2 Å². The van der Waals surface area contributed by atoms with Crippen LogP contribution in [0.5, 0.6) is 17.5 Å². The second-order valence-electron chi connectivity index (χ2n) is 13.7. The summed E-state index contributed by atoms with van der Waals surface area (Å²) >= 11 is 7.25. The Balaban J connectivity index is 1.21. The van der Waals surface area contributed by atoms with Crippen LogP contribution in [-0.4, -0.2) is 109 Å². The highest BCUT2D eigenvalue weighted by Crippen LogP contribution is 2.49. The Kier molecular flexibility index (Phi) is 8.05. The van der Waals surface area contributed by atoms with Crippen molar-refractivity contribution in [3.05, 3.63) is 47.0 Å². The molecule has 4 aliphatic heterocycles. The molecular weight excluding hydrogens is 644 g/mol. The molecule has 3 aromatic carbocycles. The third kappa shape index (κ3) is 5.43. The number of carbonyl (C=O) groups excluding carboxylic acids is 1. The third-order valence-electron chi connectivity index (χ3n) is 10.6. The number of aromatic nitrogens is 2. The van der Waals surface area contributed by atoms with E-state index in [1.807, 2.05) is 24.3 Å². The summed E-state index contributed by atoms with van der Waals surface area (Å²) in [6, 6.07) is 11.5. The first-order valence-corrected chi connectivity index (χ1v) is 17.2. The van der Waals surface area contributed by atoms with E-state index in [1.165, 1.54) is 4.90 Å². The van der Waals surface area contributed by atoms with Gasteiger partial charge in [-0.1, -0.05) is 29.7 Å². The average Bonchev–Trinajstić information content (AvgIpc) is 3.62. The van der Waals surface area contributed by atoms with Gasteiger partial charge in [0.1, 0.15) is 31.4 Å². The zero-order chi connectivity index (χ0) is 33.9. The fourth-order valence-electron chi connectivity index (χ4n) is 8.20. The van der Waals surface area contributed by atoms with E-state index in [1.54, 1.807) is 26.2 Å². The highest BCUT2D eigenvalue weighted by atomic mass is 35.5. The molecule has 49 heavy (non-hydrogen) atoms. The molecule has 11 nitrogen and oxygen atoms in total. The summed E-state index contributed by atoms with van der Waals surface area (Å²) in [6.07, 6.45) is 9.53. The molecule has 5 heterocycles. The van der Waals surface area contributed by atoms with Crippen molar-refractivity contribution in [3.8, 4) is 41.0 Å². The predicted molar refractivity (Wildman–Crippen MR) is 189 cm³/mol. The number of amides is 1. The molecular formula is C37H39ClN6O5. The van der Waals surface area contributed by atoms with Crippen LogP contribution < -0.4 is 19.7 Å². The Labute approximate surface area is 290 Å². The van der Waals surface area contributed by atoms with Crippen LogP contribution in [0.15, 0.2) is 36.4 Å². The molecule has 4 aromatic rings. The Bertz CT molecular complexity index is 2020. The number of aromatic hydroxyl groups is 1. The number of anilines is 1. The average molecular weight is 683 g/mol. The van der Waals surface area contributed by atoms with Gasteiger partial charge in [0.05, 0.1) is 27.5 Å². The largest absolute Gasteiger partial charge is 0.508 e. The van der Waals surface area contributed by atoms with Gasteiger partial charge < -0.3 is 34.4 Å². The van der Waals surface area contributed by atoms with Gasteiger partial charge in [-0.3, -0.25) is 4.90 Å². The van der Waals surface area contributed by atoms with Crippen LogP contribution in [0.2, 0.25) is 5.02 Å². The fraction of sp³-hybridized carbons (Fsp3) is 0.432. The van der Waals surface area contributed by atoms with Gasteiger partial charge in [-0.2, -0.15) is 9.97 Å². The minimum atomic E-state index is -0.328. The van der Waals surface area contributed by atoms with Crippen molar-refractivity contribution in [2.75, 3.05) is 65.0 Å². The van der Waals surface area contributed by atoms with Gasteiger partial charge in [0.2, 0.25) is 0 Å². The smallest absolute Gasteiger partial charge is 0.409 e. The van der Waals surface area contributed by atoms with Gasteiger partial charge in [-0.05, 0) is 67.4 Å². The van der Waals surface area contributed by atoms with Crippen LogP contribution in [-0.2, 0) is 4.74 Å². The molecule has 0 bridgehead atoms. The zero-order valence-corrected chi connectivity index (χ0v) is 28.4. The summed E-state index contributed by atoms with van der Waals surface area (Å²) in [5.41, 5.74) is 2.48. The molecule has 1 amide bonds. The first-order chi connectivity index (χ1) is 23.8. The van der Waals surface area contributed by atoms with Crippen molar-refractivity contribution in [2.45, 2.75) is 43.3 Å². The highest BCUT2D eigenvalue weighted by molar-refractivity contribution is 6.37. The highest BCUT2D eigenvalue weighted by Gasteiger charge is 2.50. The number of phenolic OH excluding ortho intramolecular Hbond substituents is 1. The second-order valence-corrected chi connectivity index (χ2v) is 14.0. The molecule has 8 rings (SSSR count). The molecule has 3 unspecified atom stereocenters. The predicted octanol–water partition coefficient (Wildman–Crippen LogP) is 5.03. The van der Waals surface area contributed by atoms with Crippen LogP contribution in [0.3, 0.4) is 0 Å². The number of hydrogen-bond acceptors (Lipinski definition) is 10. The molecule has 0 radical (unpaired) electrons. The van der Waals surface area contributed by atoms with E-state index in [0.29, 0.717) is 52.8 Å². The van der Waals surface area contributed by atoms with E-state index in [2.05, 4.69) is 21.0 Å². The lowest BCUT2D eigenvalue weighted by molar-refractivity contribution is 0.0484. The number of nitrogens with one attached hydrogen (secondary N) is 1. The zero-order valence-electron chi connectivity index (χ0n) is 27.7. The SMILES string of the molecule is C#Cc1cccc2cc(O)cc(-c3cc4nc(OCC56CCCN5C(COC(=O)N(C)C)CC6)nc5c4c(c3Cl)OCC3CNCCN53)c12. The number of terminal acetylenes is 1. The molecule has 3 fully saturated rings. The first kappa shape index (κ1) is 31.7. The van der Waals surface area contributed by atoms with Crippen molar-refractivity contribution in [3.63, 3.8) is 0 Å². The second kappa shape index (κ2) is 12.4. The number of phenols is 1. The van der Waals surface area contributed by atoms with Gasteiger partial charge in [0.25, 0.3) is 0 Å². The van der Waals surface area contributed by atoms with Crippen LogP contribution in [0, 0.1) is 12.3 Å². The summed E-state index contributed by atoms with van der Waals surface area (Å²) < 4.78 is 18.7. The standard InChI is InChI=1S/C37H39ClN6O5/c1-4-22-7-5-8-23-15-26(45)16-27(30(22)23)28-17-29-31-33(32(28)38)47-20-25-18-39-12-14-43(25)34(31)41-35(40-29)49-21-37-10-6-13-44(37)24(9-11-37)19-48-36(46)42(2)3/h1,5,7-8,15-17,24-25,39,45H,6,9-14,18-21H2,2-3H3. The Morgan fingerprint density at radius 3 is 2.92 bits per heavy atom. The molecule has 4 aliphatic rings. The van der Waals surface area contributed by atoms with E-state index in [0.717, 1.165) is 73.8 Å². The number of rotatable bonds is 6. The molecule has 0 saturated carbocycles. The third-order valence-corrected chi connectivity index (χ3v) is 10.9. The maximum atomic E-state index is 12.1. The topological polar surface area (TPSA) is 113 Å². The number of carbonyl (C=O) groups is 1. The van der Waals surface area contributed by atoms with E-state index in [-0.39, 0.29) is 35.5 Å². The number of benzene rings is 3. The van der Waals surface area contributed by atoms with Crippen LogP contribution in [0.25, 0.3) is 32.8 Å². The van der Waals surface area contributed by atoms with Gasteiger partial charge >= 0.3 is 12.1 Å². The number of fused-ring (bicyclic) bond motifs is 4. The lowest BCUT2D eigenvalue weighted by Crippen LogP contribution is -2.53. The normalized spacial score (nSPS) is 23.0. The van der Waals surface area contributed by atoms with Crippen LogP contribution in [0.4, 0.5) is 10.6 Å². The number of ether oxygens (including phenoxy) is 3. The van der Waals surface area contributed by atoms with Crippen molar-refractivity contribution in [1.82, 2.24) is 25.1 Å². The lowest BCUT2D eigenvalue weighted by atomic mass is 9.93. The number of nitrogens with zero attached hydrogens (tertiary/aromatic N) is 5. The lowest BCUT2D eigenvalue weighted by Gasteiger charge is -2.36. The quantitative estimate of drug-likeness (QED) is 0.269. The molecule has 12 heteroatoms. The molecule has 3 saturated heterocycles. The van der Waals surface area contributed by atoms with Crippen molar-refractivity contribution in [2.24, 2.45) is 0 Å². The Morgan fingerprint density at radius 2 is 2.08 bits per heavy atom. The van der Waals surface area contributed by atoms with Crippen LogP contribution in [0.1, 0.15) is 31.2 Å². The van der Waals surface area contributed by atoms with Gasteiger partial charge in [0.15, 0.2) is 5.75 Å². The Hall–Kier alpha value is -4.50. The van der Waals surface area contributed by atoms with E-state index < -0.39 is 0 Å². The molecule has 254 valence electrons. The monoisotopic (exact) mass is 682 g/mol. The molecule has 2 N–H and O–H groups in total. The van der Waals surface area contributed by atoms with Gasteiger partial charge in [0, 0.05) is 56.3 Å². The number of hydrogen-bond donors (Lipinski definition) is 2. The van der Waals surface area contributed by atoms with Gasteiger partial charge in [-0.25, -0.2) is 4.79 Å². The maximum Gasteiger partial charge on any atom is 0.409 e. The summed E-state index contributed by atoms with van der Waals surface area (Å²) in [5, 5.41) is 17.0. The summed E-state index contributed by atoms with van der Waals surface area (Å²) in [6.45, 7) is 4.41. The van der Waals surface area contributed by atoms with Crippen molar-refractivity contribution >= 4 is 45.2 Å². The van der Waals surface area contributed by atoms with E-state index >= 15 is 0 Å². The van der Waals surface area contributed by atoms with Crippen LogP contribution >= 0.6 is 11.6 Å². The summed E-state index contributed by atoms with van der Waals surface area (Å²) in [7, 11) is 3.39. The molecule has 3 atom stereocenters. The number of piperazine rings is 1. The molecule has 0 aliphatic carbocycles. The minimum Gasteiger partial charge on any atom is -0.508 e. The van der Waals surface area contributed by atoms with Crippen molar-refractivity contribution in [1.29, 1.82) is 0 Å². The Morgan fingerprint density at radius 1 is 1.20 bits per heavy atom. The molecule has 0 spiro atoms. The van der Waals surface area contributed by atoms with Gasteiger partial charge in [-0.15, -0.1) is 6.42 Å². The maximum absolute atomic E-state index is 12.1. The summed E-state index contributed by atoms with van der Waals surface area (Å²) in [4.78, 5) is 28.4.